The zero-order valence-corrected chi connectivity index (χ0v) is 15.0. The van der Waals surface area contributed by atoms with Crippen LogP contribution in [0.15, 0.2) is 53.8 Å². The number of nitrogens with zero attached hydrogens (tertiary/aromatic N) is 3. The first-order chi connectivity index (χ1) is 11.9. The number of rotatable bonds is 7. The van der Waals surface area contributed by atoms with Gasteiger partial charge in [0.15, 0.2) is 6.20 Å². The van der Waals surface area contributed by atoms with Gasteiger partial charge in [-0.2, -0.15) is 4.57 Å². The Kier molecular flexibility index (Phi) is 6.25. The molecule has 0 fully saturated rings. The zero-order chi connectivity index (χ0) is 18.3. The molecule has 2 N–H and O–H groups in total. The van der Waals surface area contributed by atoms with E-state index in [0.29, 0.717) is 17.8 Å². The highest BCUT2D eigenvalue weighted by molar-refractivity contribution is 5.93. The number of amides is 1. The highest BCUT2D eigenvalue weighted by atomic mass is 16.4. The molecule has 25 heavy (non-hydrogen) atoms. The van der Waals surface area contributed by atoms with Gasteiger partial charge in [-0.25, -0.2) is 0 Å². The number of oxime groups is 1. The second-order valence-corrected chi connectivity index (χ2v) is 6.76. The minimum Gasteiger partial charge on any atom is -0.411 e. The van der Waals surface area contributed by atoms with E-state index in [1.165, 1.54) is 11.8 Å². The van der Waals surface area contributed by atoms with Crippen LogP contribution in [0, 0.1) is 0 Å². The monoisotopic (exact) mass is 342 g/mol. The molecule has 0 bridgehead atoms. The van der Waals surface area contributed by atoms with Crippen LogP contribution in [0.2, 0.25) is 0 Å². The molecule has 1 amide bonds. The SMILES string of the molecule is C[n+]1cc(C(=O)NCC[N+](C)(C)Cc2ccccc2)ccc1/C=N/O. The van der Waals surface area contributed by atoms with Crippen LogP contribution in [0.25, 0.3) is 0 Å². The van der Waals surface area contributed by atoms with E-state index in [9.17, 15) is 4.79 Å². The van der Waals surface area contributed by atoms with Gasteiger partial charge in [-0.1, -0.05) is 35.5 Å². The number of aromatic nitrogens is 1. The number of nitrogens with one attached hydrogen (secondary N) is 1. The van der Waals surface area contributed by atoms with Gasteiger partial charge in [0.2, 0.25) is 5.69 Å². The summed E-state index contributed by atoms with van der Waals surface area (Å²) < 4.78 is 2.54. The summed E-state index contributed by atoms with van der Waals surface area (Å²) in [6.07, 6.45) is 3.04. The third-order valence-corrected chi connectivity index (χ3v) is 4.08. The third kappa shape index (κ3) is 5.69. The van der Waals surface area contributed by atoms with Gasteiger partial charge in [-0.15, -0.1) is 0 Å². The van der Waals surface area contributed by atoms with E-state index < -0.39 is 0 Å². The maximum atomic E-state index is 12.3. The Hall–Kier alpha value is -2.73. The number of carbonyl (C=O) groups excluding carboxylic acids is 1. The molecule has 0 aliphatic carbocycles. The minimum atomic E-state index is -0.109. The fraction of sp³-hybridized carbons (Fsp3) is 0.316. The molecule has 0 unspecified atom stereocenters. The summed E-state index contributed by atoms with van der Waals surface area (Å²) in [7, 11) is 6.11. The zero-order valence-electron chi connectivity index (χ0n) is 15.0. The lowest BCUT2D eigenvalue weighted by molar-refractivity contribution is -0.902. The van der Waals surface area contributed by atoms with Crippen LogP contribution < -0.4 is 9.88 Å². The topological polar surface area (TPSA) is 65.6 Å². The summed E-state index contributed by atoms with van der Waals surface area (Å²) in [4.78, 5) is 12.3. The average molecular weight is 342 g/mol. The first kappa shape index (κ1) is 18.6. The number of aryl methyl sites for hydroxylation is 1. The largest absolute Gasteiger partial charge is 0.411 e. The molecular formula is C19H26N4O2+2. The van der Waals surface area contributed by atoms with Crippen molar-refractivity contribution in [2.24, 2.45) is 12.2 Å². The Morgan fingerprint density at radius 1 is 1.24 bits per heavy atom. The number of hydrogen-bond acceptors (Lipinski definition) is 3. The molecule has 0 spiro atoms. The summed E-state index contributed by atoms with van der Waals surface area (Å²) in [6, 6.07) is 13.8. The van der Waals surface area contributed by atoms with E-state index in [1.54, 1.807) is 29.9 Å². The van der Waals surface area contributed by atoms with Crippen molar-refractivity contribution in [1.29, 1.82) is 0 Å². The lowest BCUT2D eigenvalue weighted by Crippen LogP contribution is -2.45. The van der Waals surface area contributed by atoms with Crippen molar-refractivity contribution in [3.63, 3.8) is 0 Å². The maximum Gasteiger partial charge on any atom is 0.257 e. The van der Waals surface area contributed by atoms with E-state index in [-0.39, 0.29) is 5.91 Å². The Morgan fingerprint density at radius 3 is 2.60 bits per heavy atom. The van der Waals surface area contributed by atoms with Crippen LogP contribution in [0.3, 0.4) is 0 Å². The lowest BCUT2D eigenvalue weighted by Gasteiger charge is -2.30. The standard InChI is InChI=1S/C19H24N4O2/c1-22-14-17(9-10-18(22)13-21-25)19(24)20-11-12-23(2,3)15-16-7-5-4-6-8-16/h4-10,13-14H,11-12,15H2,1-3H3/p+2. The lowest BCUT2D eigenvalue weighted by atomic mass is 10.2. The summed E-state index contributed by atoms with van der Waals surface area (Å²) >= 11 is 0. The Bertz CT molecular complexity index is 742. The van der Waals surface area contributed by atoms with Gasteiger partial charge in [-0.05, 0) is 6.07 Å². The van der Waals surface area contributed by atoms with Crippen LogP contribution >= 0.6 is 0 Å². The van der Waals surface area contributed by atoms with Crippen molar-refractivity contribution in [1.82, 2.24) is 5.32 Å². The molecule has 6 heteroatoms. The predicted octanol–water partition coefficient (Wildman–Crippen LogP) is 1.33. The Morgan fingerprint density at radius 2 is 1.96 bits per heavy atom. The van der Waals surface area contributed by atoms with Crippen molar-refractivity contribution >= 4 is 12.1 Å². The minimum absolute atomic E-state index is 0.109. The van der Waals surface area contributed by atoms with Crippen LogP contribution in [0.4, 0.5) is 0 Å². The highest BCUT2D eigenvalue weighted by Crippen LogP contribution is 2.08. The fourth-order valence-corrected chi connectivity index (χ4v) is 2.68. The van der Waals surface area contributed by atoms with Crippen LogP contribution in [-0.2, 0) is 13.6 Å². The van der Waals surface area contributed by atoms with Gasteiger partial charge in [0.05, 0.1) is 27.2 Å². The molecule has 0 saturated heterocycles. The van der Waals surface area contributed by atoms with Gasteiger partial charge in [0.25, 0.3) is 5.91 Å². The molecule has 0 atom stereocenters. The Balaban J connectivity index is 1.88. The number of quaternary nitrogens is 1. The molecule has 0 saturated carbocycles. The maximum absolute atomic E-state index is 12.3. The molecular weight excluding hydrogens is 316 g/mol. The number of benzene rings is 1. The summed E-state index contributed by atoms with van der Waals surface area (Å²) in [5.41, 5.74) is 2.57. The highest BCUT2D eigenvalue weighted by Gasteiger charge is 2.17. The van der Waals surface area contributed by atoms with Crippen LogP contribution in [0.1, 0.15) is 21.6 Å². The quantitative estimate of drug-likeness (QED) is 0.262. The van der Waals surface area contributed by atoms with Crippen LogP contribution in [-0.4, -0.2) is 49.0 Å². The van der Waals surface area contributed by atoms with Gasteiger partial charge in [0, 0.05) is 11.6 Å². The second-order valence-electron chi connectivity index (χ2n) is 6.76. The van der Waals surface area contributed by atoms with E-state index in [4.69, 9.17) is 5.21 Å². The number of hydrogen-bond donors (Lipinski definition) is 2. The summed E-state index contributed by atoms with van der Waals surface area (Å²) in [6.45, 7) is 2.35. The van der Waals surface area contributed by atoms with Gasteiger partial charge in [-0.3, -0.25) is 4.79 Å². The molecule has 132 valence electrons. The molecule has 0 aliphatic rings. The number of pyridine rings is 1. The third-order valence-electron chi connectivity index (χ3n) is 4.08. The fourth-order valence-electron chi connectivity index (χ4n) is 2.68. The van der Waals surface area contributed by atoms with Crippen LogP contribution in [0.5, 0.6) is 0 Å². The molecule has 2 rings (SSSR count). The predicted molar refractivity (Wildman–Crippen MR) is 96.5 cm³/mol. The normalized spacial score (nSPS) is 11.6. The molecule has 0 radical (unpaired) electrons. The average Bonchev–Trinajstić information content (AvgIpc) is 2.57. The molecule has 2 aromatic rings. The van der Waals surface area contributed by atoms with Crippen molar-refractivity contribution in [3.05, 3.63) is 65.5 Å². The summed E-state index contributed by atoms with van der Waals surface area (Å²) in [5, 5.41) is 14.6. The number of carbonyl (C=O) groups is 1. The first-order valence-electron chi connectivity index (χ1n) is 8.22. The molecule has 1 aromatic heterocycles. The smallest absolute Gasteiger partial charge is 0.257 e. The van der Waals surface area contributed by atoms with Gasteiger partial charge in [0.1, 0.15) is 25.4 Å². The molecule has 6 nitrogen and oxygen atoms in total. The molecule has 0 aliphatic heterocycles. The first-order valence-corrected chi connectivity index (χ1v) is 8.22. The van der Waals surface area contributed by atoms with Crippen molar-refractivity contribution in [2.45, 2.75) is 6.54 Å². The molecule has 1 aromatic carbocycles. The van der Waals surface area contributed by atoms with E-state index in [0.717, 1.165) is 17.6 Å². The second kappa shape index (κ2) is 8.39. The van der Waals surface area contributed by atoms with Crippen molar-refractivity contribution in [2.75, 3.05) is 27.2 Å². The Labute approximate surface area is 148 Å². The van der Waals surface area contributed by atoms with Crippen molar-refractivity contribution < 1.29 is 19.1 Å². The van der Waals surface area contributed by atoms with E-state index in [2.05, 4.69) is 36.7 Å². The number of likely N-dealkylation sites (N-methyl/N-ethyl adjacent to an activating group) is 1. The van der Waals surface area contributed by atoms with Crippen molar-refractivity contribution in [3.8, 4) is 0 Å². The molecule has 1 heterocycles. The van der Waals surface area contributed by atoms with Gasteiger partial charge < -0.3 is 15.0 Å². The van der Waals surface area contributed by atoms with E-state index >= 15 is 0 Å². The van der Waals surface area contributed by atoms with Gasteiger partial charge >= 0.3 is 0 Å². The summed E-state index contributed by atoms with van der Waals surface area (Å²) in [5.74, 6) is -0.109. The van der Waals surface area contributed by atoms with E-state index in [1.807, 2.05) is 18.2 Å².